The van der Waals surface area contributed by atoms with Gasteiger partial charge < -0.3 is 5.32 Å². The number of nitrogens with one attached hydrogen (secondary N) is 1. The molecule has 0 spiro atoms. The number of alkyl halides is 5. The van der Waals surface area contributed by atoms with Crippen LogP contribution >= 0.6 is 15.9 Å². The fourth-order valence-electron chi connectivity index (χ4n) is 2.26. The third kappa shape index (κ3) is 3.80. The molecular formula is C12H12BrF5N2. The van der Waals surface area contributed by atoms with Crippen LogP contribution in [0.4, 0.5) is 27.8 Å². The Bertz CT molecular complexity index is 489. The summed E-state index contributed by atoms with van der Waals surface area (Å²) in [6.07, 6.45) is -3.38. The fourth-order valence-corrected chi connectivity index (χ4v) is 2.59. The zero-order valence-corrected chi connectivity index (χ0v) is 11.9. The number of halogens is 6. The lowest BCUT2D eigenvalue weighted by atomic mass is 9.92. The van der Waals surface area contributed by atoms with Gasteiger partial charge in [-0.05, 0) is 34.8 Å². The van der Waals surface area contributed by atoms with Gasteiger partial charge >= 0.3 is 6.18 Å². The molecule has 1 fully saturated rings. The summed E-state index contributed by atoms with van der Waals surface area (Å²) in [5.74, 6) is -3.23. The lowest BCUT2D eigenvalue weighted by Gasteiger charge is -2.30. The van der Waals surface area contributed by atoms with Gasteiger partial charge in [0.15, 0.2) is 0 Å². The molecule has 1 saturated carbocycles. The van der Waals surface area contributed by atoms with Crippen LogP contribution in [-0.4, -0.2) is 16.9 Å². The zero-order valence-electron chi connectivity index (χ0n) is 10.3. The molecule has 1 atom stereocenters. The summed E-state index contributed by atoms with van der Waals surface area (Å²) in [6, 6.07) is 0.185. The van der Waals surface area contributed by atoms with Crippen molar-refractivity contribution in [3.05, 3.63) is 22.3 Å². The molecule has 1 aromatic heterocycles. The van der Waals surface area contributed by atoms with Gasteiger partial charge in [0.1, 0.15) is 5.82 Å². The highest BCUT2D eigenvalue weighted by atomic mass is 79.9. The van der Waals surface area contributed by atoms with E-state index in [1.807, 2.05) is 0 Å². The highest BCUT2D eigenvalue weighted by Crippen LogP contribution is 2.38. The molecule has 0 amide bonds. The highest BCUT2D eigenvalue weighted by Gasteiger charge is 2.39. The van der Waals surface area contributed by atoms with Crippen LogP contribution in [0.25, 0.3) is 0 Å². The lowest BCUT2D eigenvalue weighted by molar-refractivity contribution is -0.137. The Morgan fingerprint density at radius 1 is 1.35 bits per heavy atom. The fraction of sp³-hybridized carbons (Fsp3) is 0.583. The lowest BCUT2D eigenvalue weighted by Crippen LogP contribution is -2.35. The van der Waals surface area contributed by atoms with Crippen LogP contribution in [0.1, 0.15) is 31.2 Å². The van der Waals surface area contributed by atoms with Crippen LogP contribution in [0.3, 0.4) is 0 Å². The molecule has 0 radical (unpaired) electrons. The maximum absolute atomic E-state index is 13.3. The standard InChI is InChI=1S/C12H12BrF5N2/c13-7-4-9(12(16,17)18)10(19-6-7)20-8-2-1-3-11(14,15)5-8/h4,6,8H,1-3,5H2,(H,19,20). The Balaban J connectivity index is 2.21. The van der Waals surface area contributed by atoms with E-state index in [1.165, 1.54) is 6.20 Å². The minimum atomic E-state index is -4.59. The van der Waals surface area contributed by atoms with Gasteiger partial charge in [0, 0.05) is 29.6 Å². The number of nitrogens with zero attached hydrogens (tertiary/aromatic N) is 1. The maximum atomic E-state index is 13.3. The second-order valence-electron chi connectivity index (χ2n) is 4.84. The molecule has 0 bridgehead atoms. The predicted octanol–water partition coefficient (Wildman–Crippen LogP) is 4.85. The third-order valence-electron chi connectivity index (χ3n) is 3.14. The first kappa shape index (κ1) is 15.5. The summed E-state index contributed by atoms with van der Waals surface area (Å²) < 4.78 is 65.4. The summed E-state index contributed by atoms with van der Waals surface area (Å²) in [7, 11) is 0. The maximum Gasteiger partial charge on any atom is 0.419 e. The highest BCUT2D eigenvalue weighted by molar-refractivity contribution is 9.10. The molecule has 1 aromatic rings. The Morgan fingerprint density at radius 2 is 2.05 bits per heavy atom. The average molecular weight is 359 g/mol. The zero-order chi connectivity index (χ0) is 15.0. The number of rotatable bonds is 2. The van der Waals surface area contributed by atoms with Crippen LogP contribution in [0.15, 0.2) is 16.7 Å². The van der Waals surface area contributed by atoms with E-state index in [0.717, 1.165) is 6.07 Å². The molecule has 1 aliphatic rings. The topological polar surface area (TPSA) is 24.9 Å². The van der Waals surface area contributed by atoms with Gasteiger partial charge in [-0.2, -0.15) is 13.2 Å². The quantitative estimate of drug-likeness (QED) is 0.764. The van der Waals surface area contributed by atoms with Gasteiger partial charge in [-0.1, -0.05) is 0 Å². The summed E-state index contributed by atoms with van der Waals surface area (Å²) in [5.41, 5.74) is -0.958. The number of hydrogen-bond acceptors (Lipinski definition) is 2. The van der Waals surface area contributed by atoms with Crippen LogP contribution in [0, 0.1) is 0 Å². The van der Waals surface area contributed by atoms with Gasteiger partial charge in [-0.3, -0.25) is 0 Å². The number of pyridine rings is 1. The Hall–Kier alpha value is -0.920. The van der Waals surface area contributed by atoms with E-state index in [0.29, 0.717) is 6.42 Å². The summed E-state index contributed by atoms with van der Waals surface area (Å²) >= 11 is 2.92. The molecule has 1 unspecified atom stereocenters. The molecule has 20 heavy (non-hydrogen) atoms. The number of anilines is 1. The molecule has 0 aliphatic heterocycles. The number of aromatic nitrogens is 1. The largest absolute Gasteiger partial charge is 0.419 e. The minimum Gasteiger partial charge on any atom is -0.367 e. The van der Waals surface area contributed by atoms with Crippen molar-refractivity contribution in [2.24, 2.45) is 0 Å². The van der Waals surface area contributed by atoms with Crippen molar-refractivity contribution >= 4 is 21.7 Å². The smallest absolute Gasteiger partial charge is 0.367 e. The molecule has 1 heterocycles. The van der Waals surface area contributed by atoms with Gasteiger partial charge in [-0.25, -0.2) is 13.8 Å². The van der Waals surface area contributed by atoms with Crippen LogP contribution in [0.5, 0.6) is 0 Å². The van der Waals surface area contributed by atoms with Gasteiger partial charge in [0.05, 0.1) is 5.56 Å². The van der Waals surface area contributed by atoms with E-state index in [2.05, 4.69) is 26.2 Å². The molecule has 2 nitrogen and oxygen atoms in total. The Morgan fingerprint density at radius 3 is 2.65 bits per heavy atom. The van der Waals surface area contributed by atoms with Crippen LogP contribution in [-0.2, 0) is 6.18 Å². The Labute approximate surface area is 120 Å². The molecule has 112 valence electrons. The van der Waals surface area contributed by atoms with Crippen molar-refractivity contribution in [3.8, 4) is 0 Å². The second-order valence-corrected chi connectivity index (χ2v) is 5.76. The molecule has 0 saturated heterocycles. The molecule has 8 heteroatoms. The van der Waals surface area contributed by atoms with E-state index >= 15 is 0 Å². The normalized spacial score (nSPS) is 22.6. The summed E-state index contributed by atoms with van der Waals surface area (Å²) in [5, 5.41) is 2.51. The van der Waals surface area contributed by atoms with E-state index < -0.39 is 35.9 Å². The molecule has 1 aliphatic carbocycles. The first-order chi connectivity index (χ1) is 9.17. The molecular weight excluding hydrogens is 347 g/mol. The van der Waals surface area contributed by atoms with Crippen molar-refractivity contribution in [3.63, 3.8) is 0 Å². The SMILES string of the molecule is FC1(F)CCCC(Nc2ncc(Br)cc2C(F)(F)F)C1. The van der Waals surface area contributed by atoms with E-state index in [9.17, 15) is 22.0 Å². The Kier molecular flexibility index (Phi) is 4.22. The van der Waals surface area contributed by atoms with E-state index in [4.69, 9.17) is 0 Å². The first-order valence-electron chi connectivity index (χ1n) is 6.04. The first-order valence-corrected chi connectivity index (χ1v) is 6.84. The predicted molar refractivity (Wildman–Crippen MR) is 67.8 cm³/mol. The van der Waals surface area contributed by atoms with Crippen molar-refractivity contribution < 1.29 is 22.0 Å². The minimum absolute atomic E-state index is 0.185. The molecule has 0 aromatic carbocycles. The molecule has 2 rings (SSSR count). The van der Waals surface area contributed by atoms with Crippen molar-refractivity contribution in [1.82, 2.24) is 4.98 Å². The van der Waals surface area contributed by atoms with Crippen molar-refractivity contribution in [2.75, 3.05) is 5.32 Å². The summed E-state index contributed by atoms with van der Waals surface area (Å²) in [4.78, 5) is 3.66. The van der Waals surface area contributed by atoms with Crippen LogP contribution < -0.4 is 5.32 Å². The monoisotopic (exact) mass is 358 g/mol. The van der Waals surface area contributed by atoms with Gasteiger partial charge in [-0.15, -0.1) is 0 Å². The van der Waals surface area contributed by atoms with Crippen molar-refractivity contribution in [2.45, 2.75) is 43.8 Å². The van der Waals surface area contributed by atoms with E-state index in [1.54, 1.807) is 0 Å². The number of hydrogen-bond donors (Lipinski definition) is 1. The van der Waals surface area contributed by atoms with Gasteiger partial charge in [0.2, 0.25) is 5.92 Å². The molecule has 1 N–H and O–H groups in total. The average Bonchev–Trinajstić information content (AvgIpc) is 2.29. The van der Waals surface area contributed by atoms with Gasteiger partial charge in [0.25, 0.3) is 0 Å². The van der Waals surface area contributed by atoms with Crippen molar-refractivity contribution in [1.29, 1.82) is 0 Å². The second kappa shape index (κ2) is 5.46. The third-order valence-corrected chi connectivity index (χ3v) is 3.57. The summed E-state index contributed by atoms with van der Waals surface area (Å²) in [6.45, 7) is 0. The van der Waals surface area contributed by atoms with Crippen LogP contribution in [0.2, 0.25) is 0 Å². The van der Waals surface area contributed by atoms with E-state index in [-0.39, 0.29) is 17.3 Å².